The summed E-state index contributed by atoms with van der Waals surface area (Å²) in [6.45, 7) is 11.7. The Morgan fingerprint density at radius 2 is 1.85 bits per heavy atom. The molecule has 4 aromatic heterocycles. The quantitative estimate of drug-likeness (QED) is 0.302. The third kappa shape index (κ3) is 5.45. The molecule has 0 amide bonds. The molecule has 2 bridgehead atoms. The van der Waals surface area contributed by atoms with E-state index in [1.54, 1.807) is 17.8 Å². The van der Waals surface area contributed by atoms with Crippen LogP contribution in [0.1, 0.15) is 45.2 Å². The molecule has 2 unspecified atom stereocenters. The van der Waals surface area contributed by atoms with E-state index in [1.165, 1.54) is 12.0 Å². The Balaban J connectivity index is 0.00000158. The summed E-state index contributed by atoms with van der Waals surface area (Å²) < 4.78 is 12.9. The molecule has 0 saturated carbocycles. The summed E-state index contributed by atoms with van der Waals surface area (Å²) in [6, 6.07) is 13.4. The van der Waals surface area contributed by atoms with Gasteiger partial charge in [0.25, 0.3) is 0 Å². The van der Waals surface area contributed by atoms with Crippen molar-refractivity contribution in [3.05, 3.63) is 66.2 Å². The van der Waals surface area contributed by atoms with Crippen molar-refractivity contribution in [1.82, 2.24) is 24.5 Å². The number of pyridine rings is 3. The largest absolute Gasteiger partial charge is 0.492 e. The van der Waals surface area contributed by atoms with Crippen LogP contribution < -0.4 is 14.4 Å². The normalized spacial score (nSPS) is 18.1. The summed E-state index contributed by atoms with van der Waals surface area (Å²) in [5.74, 6) is 2.75. The van der Waals surface area contributed by atoms with Crippen molar-refractivity contribution >= 4 is 11.3 Å². The summed E-state index contributed by atoms with van der Waals surface area (Å²) in [7, 11) is 1.64. The number of hydrogen-bond donors (Lipinski definition) is 0. The summed E-state index contributed by atoms with van der Waals surface area (Å²) in [5.41, 5.74) is 4.32. The third-order valence-corrected chi connectivity index (χ3v) is 7.39. The second-order valence-corrected chi connectivity index (χ2v) is 10.5. The maximum Gasteiger partial charge on any atom is 0.212 e. The molecule has 3 aliphatic heterocycles. The van der Waals surface area contributed by atoms with Gasteiger partial charge in [-0.05, 0) is 36.1 Å². The highest BCUT2D eigenvalue weighted by atomic mass is 16.5. The molecule has 208 valence electrons. The molecule has 9 heteroatoms. The van der Waals surface area contributed by atoms with Gasteiger partial charge in [-0.15, -0.1) is 0 Å². The molecular formula is C31H37N7O2. The Hall–Kier alpha value is -4.16. The van der Waals surface area contributed by atoms with E-state index in [-0.39, 0.29) is 0 Å². The molecular weight excluding hydrogens is 502 g/mol. The number of piperazine rings is 1. The number of nitrogens with zero attached hydrogens (tertiary/aromatic N) is 7. The van der Waals surface area contributed by atoms with Gasteiger partial charge in [-0.25, -0.2) is 14.5 Å². The van der Waals surface area contributed by atoms with Gasteiger partial charge in [0, 0.05) is 61.3 Å². The molecule has 0 radical (unpaired) electrons. The lowest BCUT2D eigenvalue weighted by Gasteiger charge is -2.56. The van der Waals surface area contributed by atoms with Gasteiger partial charge in [-0.2, -0.15) is 10.4 Å². The molecule has 0 aromatic carbocycles. The third-order valence-electron chi connectivity index (χ3n) is 7.39. The minimum Gasteiger partial charge on any atom is -0.492 e. The standard InChI is InChI=1S/C29H31N7O2.C2H6/c1-19(2)18-38-25-9-26(29-22(10-30)13-33-36(29)17-25)21-5-6-27(31-12-21)34-15-23-8-24(16-34)35(23)14-20-4-7-28(37-3)32-11-20;1-2/h4-7,9,11-13,17,19,23-24H,8,14-16,18H2,1-3H3;1-2H3. The van der Waals surface area contributed by atoms with Crippen LogP contribution in [0.5, 0.6) is 11.6 Å². The highest BCUT2D eigenvalue weighted by Crippen LogP contribution is 2.36. The highest BCUT2D eigenvalue weighted by Gasteiger charge is 2.44. The predicted octanol–water partition coefficient (Wildman–Crippen LogP) is 5.20. The number of piperidine rings is 1. The van der Waals surface area contributed by atoms with E-state index in [4.69, 9.17) is 14.5 Å². The van der Waals surface area contributed by atoms with E-state index in [1.807, 2.05) is 44.6 Å². The van der Waals surface area contributed by atoms with Gasteiger partial charge in [0.2, 0.25) is 5.88 Å². The molecule has 9 nitrogen and oxygen atoms in total. The lowest BCUT2D eigenvalue weighted by molar-refractivity contribution is -0.00876. The van der Waals surface area contributed by atoms with Crippen LogP contribution in [0, 0.1) is 17.2 Å². The van der Waals surface area contributed by atoms with Crippen LogP contribution in [0.3, 0.4) is 0 Å². The lowest BCUT2D eigenvalue weighted by atomic mass is 9.87. The fourth-order valence-corrected chi connectivity index (χ4v) is 5.44. The number of rotatable bonds is 8. The average Bonchev–Trinajstić information content (AvgIpc) is 3.43. The van der Waals surface area contributed by atoms with Crippen molar-refractivity contribution in [3.63, 3.8) is 0 Å². The Bertz CT molecular complexity index is 1460. The second-order valence-electron chi connectivity index (χ2n) is 10.5. The van der Waals surface area contributed by atoms with Crippen LogP contribution in [-0.2, 0) is 6.54 Å². The maximum absolute atomic E-state index is 9.65. The Kier molecular flexibility index (Phi) is 8.17. The van der Waals surface area contributed by atoms with Crippen LogP contribution >= 0.6 is 0 Å². The van der Waals surface area contributed by atoms with Crippen LogP contribution in [0.2, 0.25) is 0 Å². The van der Waals surface area contributed by atoms with Crippen molar-refractivity contribution in [1.29, 1.82) is 5.26 Å². The summed E-state index contributed by atoms with van der Waals surface area (Å²) in [5, 5.41) is 14.0. The highest BCUT2D eigenvalue weighted by molar-refractivity contribution is 5.85. The Morgan fingerprint density at radius 1 is 1.05 bits per heavy atom. The minimum absolute atomic E-state index is 0.405. The van der Waals surface area contributed by atoms with E-state index in [2.05, 4.69) is 58.0 Å². The molecule has 3 fully saturated rings. The van der Waals surface area contributed by atoms with E-state index in [0.717, 1.165) is 47.8 Å². The van der Waals surface area contributed by atoms with Crippen LogP contribution in [-0.4, -0.2) is 63.4 Å². The van der Waals surface area contributed by atoms with Gasteiger partial charge in [-0.3, -0.25) is 4.90 Å². The van der Waals surface area contributed by atoms with Gasteiger partial charge in [0.15, 0.2) is 0 Å². The number of nitriles is 1. The molecule has 7 heterocycles. The average molecular weight is 540 g/mol. The molecule has 0 N–H and O–H groups in total. The van der Waals surface area contributed by atoms with Crippen molar-refractivity contribution in [2.75, 3.05) is 31.7 Å². The summed E-state index contributed by atoms with van der Waals surface area (Å²) >= 11 is 0. The van der Waals surface area contributed by atoms with E-state index in [0.29, 0.717) is 36.1 Å². The van der Waals surface area contributed by atoms with Crippen molar-refractivity contribution in [3.8, 4) is 28.8 Å². The summed E-state index contributed by atoms with van der Waals surface area (Å²) in [4.78, 5) is 14.1. The smallest absolute Gasteiger partial charge is 0.212 e. The van der Waals surface area contributed by atoms with E-state index >= 15 is 0 Å². The van der Waals surface area contributed by atoms with Gasteiger partial charge in [-0.1, -0.05) is 33.8 Å². The monoisotopic (exact) mass is 539 g/mol. The van der Waals surface area contributed by atoms with Crippen LogP contribution in [0.15, 0.2) is 55.1 Å². The molecule has 3 aliphatic rings. The van der Waals surface area contributed by atoms with E-state index < -0.39 is 0 Å². The molecule has 0 aliphatic carbocycles. The van der Waals surface area contributed by atoms with Crippen LogP contribution in [0.25, 0.3) is 16.6 Å². The Morgan fingerprint density at radius 3 is 2.48 bits per heavy atom. The molecule has 3 saturated heterocycles. The topological polar surface area (TPSA) is 91.8 Å². The zero-order valence-corrected chi connectivity index (χ0v) is 23.9. The first kappa shape index (κ1) is 27.4. The fraction of sp³-hybridized carbons (Fsp3) is 0.419. The number of anilines is 1. The second kappa shape index (κ2) is 11.9. The molecule has 7 rings (SSSR count). The van der Waals surface area contributed by atoms with Crippen molar-refractivity contribution in [2.24, 2.45) is 5.92 Å². The minimum atomic E-state index is 0.405. The Labute approximate surface area is 236 Å². The first-order chi connectivity index (χ1) is 19.5. The van der Waals surface area contributed by atoms with E-state index in [9.17, 15) is 5.26 Å². The van der Waals surface area contributed by atoms with Gasteiger partial charge in [0.1, 0.15) is 17.6 Å². The first-order valence-corrected chi connectivity index (χ1v) is 14.0. The van der Waals surface area contributed by atoms with Gasteiger partial charge in [0.05, 0.1) is 37.2 Å². The molecule has 4 aromatic rings. The first-order valence-electron chi connectivity index (χ1n) is 14.0. The zero-order valence-electron chi connectivity index (χ0n) is 23.9. The van der Waals surface area contributed by atoms with Crippen LogP contribution in [0.4, 0.5) is 5.82 Å². The number of fused-ring (bicyclic) bond motifs is 3. The van der Waals surface area contributed by atoms with Crippen molar-refractivity contribution in [2.45, 2.75) is 52.7 Å². The zero-order chi connectivity index (χ0) is 28.2. The molecule has 40 heavy (non-hydrogen) atoms. The van der Waals surface area contributed by atoms with Crippen molar-refractivity contribution < 1.29 is 9.47 Å². The predicted molar refractivity (Wildman–Crippen MR) is 156 cm³/mol. The van der Waals surface area contributed by atoms with Gasteiger partial charge >= 0.3 is 0 Å². The fourth-order valence-electron chi connectivity index (χ4n) is 5.44. The number of hydrogen-bond acceptors (Lipinski definition) is 8. The lowest BCUT2D eigenvalue weighted by Crippen LogP contribution is -2.68. The number of methoxy groups -OCH3 is 1. The number of aromatic nitrogens is 4. The molecule has 0 spiro atoms. The SMILES string of the molecule is CC.COc1ccc(CN2C3CC2CN(c2ccc(-c4cc(OCC(C)C)cn5ncc(C#N)c45)cn2)C3)cn1. The maximum atomic E-state index is 9.65. The van der Waals surface area contributed by atoms with Gasteiger partial charge < -0.3 is 14.4 Å². The molecule has 2 atom stereocenters. The summed E-state index contributed by atoms with van der Waals surface area (Å²) in [6.07, 6.45) is 8.45. The number of ether oxygens (including phenoxy) is 2.